The molecule has 0 bridgehead atoms. The first kappa shape index (κ1) is 16.0. The number of ether oxygens (including phenoxy) is 1. The summed E-state index contributed by atoms with van der Waals surface area (Å²) in [6, 6.07) is 0. The predicted molar refractivity (Wildman–Crippen MR) is 75.2 cm³/mol. The van der Waals surface area contributed by atoms with E-state index in [1.165, 1.54) is 0 Å². The molecule has 2 aliphatic rings. The molecule has 0 aromatic heterocycles. The number of esters is 1. The van der Waals surface area contributed by atoms with Gasteiger partial charge in [-0.1, -0.05) is 12.2 Å². The lowest BCUT2D eigenvalue weighted by molar-refractivity contribution is -0.242. The lowest BCUT2D eigenvalue weighted by atomic mass is 9.65. The highest BCUT2D eigenvalue weighted by molar-refractivity contribution is 5.92. The van der Waals surface area contributed by atoms with Crippen molar-refractivity contribution in [3.63, 3.8) is 0 Å². The van der Waals surface area contributed by atoms with Crippen molar-refractivity contribution in [2.75, 3.05) is 6.61 Å². The zero-order chi connectivity index (χ0) is 15.5. The van der Waals surface area contributed by atoms with Crippen LogP contribution in [-0.2, 0) is 14.3 Å². The second kappa shape index (κ2) is 6.15. The van der Waals surface area contributed by atoms with Crippen molar-refractivity contribution in [3.05, 3.63) is 12.2 Å². The summed E-state index contributed by atoms with van der Waals surface area (Å²) >= 11 is 0. The number of cyclic esters (lactones) is 1. The SMILES string of the molecule is C[C@@]1(CCCO)OC(=O)[C@@]1(NC=O)[C@H](O)[C@@H]1C=CCCC1. The number of amides is 1. The topological polar surface area (TPSA) is 95.9 Å². The number of hydrogen-bond acceptors (Lipinski definition) is 5. The zero-order valence-corrected chi connectivity index (χ0v) is 12.2. The van der Waals surface area contributed by atoms with Crippen molar-refractivity contribution >= 4 is 12.4 Å². The molecule has 2 rings (SSSR count). The summed E-state index contributed by atoms with van der Waals surface area (Å²) in [7, 11) is 0. The molecule has 0 aromatic rings. The third kappa shape index (κ3) is 2.46. The van der Waals surface area contributed by atoms with Crippen molar-refractivity contribution in [2.24, 2.45) is 5.92 Å². The third-order valence-electron chi connectivity index (χ3n) is 4.71. The van der Waals surface area contributed by atoms with Crippen LogP contribution in [0.5, 0.6) is 0 Å². The van der Waals surface area contributed by atoms with Gasteiger partial charge in [0.15, 0.2) is 0 Å². The summed E-state index contributed by atoms with van der Waals surface area (Å²) in [5.41, 5.74) is -2.44. The molecule has 4 atom stereocenters. The molecule has 0 radical (unpaired) electrons. The molecule has 6 nitrogen and oxygen atoms in total. The Balaban J connectivity index is 2.29. The summed E-state index contributed by atoms with van der Waals surface area (Å²) in [5.74, 6) is -0.797. The van der Waals surface area contributed by atoms with E-state index in [0.29, 0.717) is 19.3 Å². The molecule has 1 amide bonds. The molecular weight excluding hydrogens is 274 g/mol. The summed E-state index contributed by atoms with van der Waals surface area (Å²) < 4.78 is 5.25. The van der Waals surface area contributed by atoms with Crippen LogP contribution in [0.25, 0.3) is 0 Å². The molecule has 1 heterocycles. The van der Waals surface area contributed by atoms with Gasteiger partial charge in [-0.25, -0.2) is 4.79 Å². The number of aliphatic hydroxyl groups excluding tert-OH is 2. The molecule has 0 spiro atoms. The fourth-order valence-electron chi connectivity index (χ4n) is 3.45. The van der Waals surface area contributed by atoms with Gasteiger partial charge >= 0.3 is 5.97 Å². The standard InChI is InChI=1S/C15H23NO5/c1-14(8-5-9-17)15(16-10-18,13(20)21-14)12(19)11-6-3-2-4-7-11/h3,6,10-12,17,19H,2,4-5,7-9H2,1H3,(H,16,18)/t11-,12-,14+,15+/m1/s1. The number of carbonyl (C=O) groups is 2. The van der Waals surface area contributed by atoms with Gasteiger partial charge in [-0.3, -0.25) is 4.79 Å². The highest BCUT2D eigenvalue weighted by Gasteiger charge is 2.70. The van der Waals surface area contributed by atoms with Crippen LogP contribution < -0.4 is 5.32 Å². The Labute approximate surface area is 124 Å². The highest BCUT2D eigenvalue weighted by Crippen LogP contribution is 2.46. The van der Waals surface area contributed by atoms with Crippen LogP contribution in [0.3, 0.4) is 0 Å². The minimum atomic E-state index is -1.43. The second-order valence-corrected chi connectivity index (χ2v) is 5.99. The fraction of sp³-hybridized carbons (Fsp3) is 0.733. The molecule has 21 heavy (non-hydrogen) atoms. The molecule has 118 valence electrons. The summed E-state index contributed by atoms with van der Waals surface area (Å²) in [6.45, 7) is 1.65. The lowest BCUT2D eigenvalue weighted by Crippen LogP contribution is -2.82. The van der Waals surface area contributed by atoms with Gasteiger partial charge in [0.05, 0.1) is 6.10 Å². The molecule has 6 heteroatoms. The predicted octanol–water partition coefficient (Wildman–Crippen LogP) is 0.276. The van der Waals surface area contributed by atoms with E-state index in [-0.39, 0.29) is 12.5 Å². The Hall–Kier alpha value is -1.40. The van der Waals surface area contributed by atoms with Gasteiger partial charge < -0.3 is 20.3 Å². The number of aliphatic hydroxyl groups is 2. The molecule has 1 fully saturated rings. The van der Waals surface area contributed by atoms with Crippen LogP contribution in [0.1, 0.15) is 39.0 Å². The van der Waals surface area contributed by atoms with Crippen LogP contribution in [0.4, 0.5) is 0 Å². The number of carbonyl (C=O) groups excluding carboxylic acids is 2. The van der Waals surface area contributed by atoms with Gasteiger partial charge in [0.2, 0.25) is 11.9 Å². The Morgan fingerprint density at radius 3 is 2.90 bits per heavy atom. The van der Waals surface area contributed by atoms with Crippen LogP contribution in [-0.4, -0.2) is 46.4 Å². The molecule has 1 aliphatic carbocycles. The van der Waals surface area contributed by atoms with Gasteiger partial charge in [0, 0.05) is 12.5 Å². The first-order chi connectivity index (χ1) is 10.0. The quantitative estimate of drug-likeness (QED) is 0.356. The smallest absolute Gasteiger partial charge is 0.339 e. The maximum atomic E-state index is 12.1. The van der Waals surface area contributed by atoms with Crippen LogP contribution >= 0.6 is 0 Å². The maximum Gasteiger partial charge on any atom is 0.339 e. The molecular formula is C15H23NO5. The Bertz CT molecular complexity index is 438. The van der Waals surface area contributed by atoms with E-state index >= 15 is 0 Å². The average molecular weight is 297 g/mol. The number of hydrogen-bond donors (Lipinski definition) is 3. The Morgan fingerprint density at radius 1 is 1.62 bits per heavy atom. The fourth-order valence-corrected chi connectivity index (χ4v) is 3.45. The van der Waals surface area contributed by atoms with Gasteiger partial charge in [-0.15, -0.1) is 0 Å². The van der Waals surface area contributed by atoms with E-state index in [2.05, 4.69) is 5.32 Å². The highest BCUT2D eigenvalue weighted by atomic mass is 16.6. The van der Waals surface area contributed by atoms with Gasteiger partial charge in [-0.05, 0) is 39.0 Å². The Morgan fingerprint density at radius 2 is 2.38 bits per heavy atom. The van der Waals surface area contributed by atoms with E-state index < -0.39 is 23.2 Å². The van der Waals surface area contributed by atoms with E-state index in [1.54, 1.807) is 6.92 Å². The van der Waals surface area contributed by atoms with Gasteiger partial charge in [0.25, 0.3) is 0 Å². The van der Waals surface area contributed by atoms with Crippen LogP contribution in [0.2, 0.25) is 0 Å². The van der Waals surface area contributed by atoms with E-state index in [0.717, 1.165) is 19.3 Å². The lowest BCUT2D eigenvalue weighted by Gasteiger charge is -2.57. The van der Waals surface area contributed by atoms with Gasteiger partial charge in [0.1, 0.15) is 5.60 Å². The van der Waals surface area contributed by atoms with Crippen molar-refractivity contribution in [3.8, 4) is 0 Å². The summed E-state index contributed by atoms with van der Waals surface area (Å²) in [4.78, 5) is 23.1. The largest absolute Gasteiger partial charge is 0.454 e. The molecule has 0 saturated carbocycles. The Kier molecular flexibility index (Phi) is 4.68. The average Bonchev–Trinajstić information content (AvgIpc) is 2.50. The van der Waals surface area contributed by atoms with E-state index in [1.807, 2.05) is 12.2 Å². The summed E-state index contributed by atoms with van der Waals surface area (Å²) in [5, 5.41) is 22.3. The summed E-state index contributed by atoms with van der Waals surface area (Å²) in [6.07, 6.45) is 6.77. The molecule has 0 unspecified atom stereocenters. The number of nitrogens with one attached hydrogen (secondary N) is 1. The number of allylic oxidation sites excluding steroid dienone is 1. The first-order valence-corrected chi connectivity index (χ1v) is 7.42. The number of rotatable bonds is 7. The maximum absolute atomic E-state index is 12.1. The zero-order valence-electron chi connectivity index (χ0n) is 12.2. The third-order valence-corrected chi connectivity index (χ3v) is 4.71. The molecule has 1 saturated heterocycles. The van der Waals surface area contributed by atoms with Gasteiger partial charge in [-0.2, -0.15) is 0 Å². The second-order valence-electron chi connectivity index (χ2n) is 5.99. The van der Waals surface area contributed by atoms with Crippen molar-refractivity contribution < 1.29 is 24.5 Å². The molecule has 3 N–H and O–H groups in total. The van der Waals surface area contributed by atoms with Crippen molar-refractivity contribution in [1.29, 1.82) is 0 Å². The minimum Gasteiger partial charge on any atom is -0.454 e. The van der Waals surface area contributed by atoms with E-state index in [9.17, 15) is 14.7 Å². The normalized spacial score (nSPS) is 36.5. The van der Waals surface area contributed by atoms with Crippen LogP contribution in [0.15, 0.2) is 12.2 Å². The molecule has 1 aliphatic heterocycles. The molecule has 0 aromatic carbocycles. The minimum absolute atomic E-state index is 0.0380. The van der Waals surface area contributed by atoms with Crippen molar-refractivity contribution in [1.82, 2.24) is 5.32 Å². The van der Waals surface area contributed by atoms with Crippen molar-refractivity contribution in [2.45, 2.75) is 56.3 Å². The monoisotopic (exact) mass is 297 g/mol. The first-order valence-electron chi connectivity index (χ1n) is 7.42. The van der Waals surface area contributed by atoms with Crippen LogP contribution in [0, 0.1) is 5.92 Å². The van der Waals surface area contributed by atoms with E-state index in [4.69, 9.17) is 9.84 Å².